The largest absolute Gasteiger partial charge is 0.395 e. The molecule has 2 aliphatic heterocycles. The molecule has 3 heterocycles. The number of nitrogens with zero attached hydrogens (tertiary/aromatic N) is 5. The van der Waals surface area contributed by atoms with Gasteiger partial charge in [-0.25, -0.2) is 0 Å². The Morgan fingerprint density at radius 3 is 2.52 bits per heavy atom. The first-order valence-electron chi connectivity index (χ1n) is 9.23. The van der Waals surface area contributed by atoms with Crippen LogP contribution in [0.1, 0.15) is 12.8 Å². The van der Waals surface area contributed by atoms with Crippen LogP contribution in [-0.2, 0) is 11.8 Å². The summed E-state index contributed by atoms with van der Waals surface area (Å²) in [7, 11) is 1.84. The number of rotatable bonds is 6. The molecule has 3 rings (SSSR count). The number of anilines is 1. The van der Waals surface area contributed by atoms with Crippen LogP contribution in [0.25, 0.3) is 0 Å². The fourth-order valence-electron chi connectivity index (χ4n) is 3.80. The van der Waals surface area contributed by atoms with Crippen molar-refractivity contribution in [1.82, 2.24) is 24.5 Å². The maximum Gasteiger partial charge on any atom is 0.239 e. The van der Waals surface area contributed by atoms with Crippen LogP contribution in [0.15, 0.2) is 12.3 Å². The third-order valence-electron chi connectivity index (χ3n) is 5.24. The van der Waals surface area contributed by atoms with Gasteiger partial charge >= 0.3 is 0 Å². The minimum atomic E-state index is 0.00904. The Kier molecular flexibility index (Phi) is 6.41. The van der Waals surface area contributed by atoms with Gasteiger partial charge in [-0.3, -0.25) is 24.2 Å². The van der Waals surface area contributed by atoms with Gasteiger partial charge in [-0.2, -0.15) is 5.10 Å². The van der Waals surface area contributed by atoms with Gasteiger partial charge in [0.25, 0.3) is 0 Å². The maximum absolute atomic E-state index is 12.1. The topological polar surface area (TPSA) is 76.9 Å². The zero-order chi connectivity index (χ0) is 17.6. The third-order valence-corrected chi connectivity index (χ3v) is 5.24. The van der Waals surface area contributed by atoms with Crippen LogP contribution in [0.2, 0.25) is 0 Å². The average molecular weight is 350 g/mol. The van der Waals surface area contributed by atoms with E-state index in [0.29, 0.717) is 18.4 Å². The molecular formula is C17H30N6O2. The summed E-state index contributed by atoms with van der Waals surface area (Å²) in [6.45, 7) is 7.69. The fraction of sp³-hybridized carbons (Fsp3) is 0.765. The number of aliphatic hydroxyl groups excluding tert-OH is 1. The second-order valence-corrected chi connectivity index (χ2v) is 7.03. The zero-order valence-corrected chi connectivity index (χ0v) is 15.1. The molecule has 0 aromatic carbocycles. The fourth-order valence-corrected chi connectivity index (χ4v) is 3.80. The molecule has 2 fully saturated rings. The number of carbonyl (C=O) groups is 1. The number of aromatic nitrogens is 2. The van der Waals surface area contributed by atoms with Gasteiger partial charge in [0.05, 0.1) is 13.2 Å². The summed E-state index contributed by atoms with van der Waals surface area (Å²) < 4.78 is 1.68. The molecule has 2 N–H and O–H groups in total. The molecule has 1 amide bonds. The van der Waals surface area contributed by atoms with E-state index < -0.39 is 0 Å². The van der Waals surface area contributed by atoms with E-state index in [0.717, 1.165) is 58.7 Å². The number of aryl methyl sites for hydroxylation is 1. The van der Waals surface area contributed by atoms with E-state index in [1.54, 1.807) is 10.7 Å². The first-order chi connectivity index (χ1) is 12.1. The molecule has 8 heteroatoms. The Hall–Kier alpha value is -1.48. The van der Waals surface area contributed by atoms with Crippen LogP contribution in [-0.4, -0.2) is 101 Å². The number of β-amino-alcohol motifs (C(OH)–C–C–N with tert-alkyl or cyclic N) is 1. The molecule has 1 aromatic rings. The highest BCUT2D eigenvalue weighted by molar-refractivity contribution is 5.91. The Morgan fingerprint density at radius 2 is 1.92 bits per heavy atom. The summed E-state index contributed by atoms with van der Waals surface area (Å²) in [5, 5.41) is 16.1. The maximum atomic E-state index is 12.1. The summed E-state index contributed by atoms with van der Waals surface area (Å²) in [6, 6.07) is 2.44. The summed E-state index contributed by atoms with van der Waals surface area (Å²) in [6.07, 6.45) is 4.06. The molecule has 2 aliphatic rings. The molecule has 8 nitrogen and oxygen atoms in total. The van der Waals surface area contributed by atoms with Gasteiger partial charge < -0.3 is 10.4 Å². The van der Waals surface area contributed by atoms with E-state index in [2.05, 4.69) is 25.1 Å². The van der Waals surface area contributed by atoms with Crippen molar-refractivity contribution >= 4 is 11.7 Å². The number of likely N-dealkylation sites (tertiary alicyclic amines) is 1. The smallest absolute Gasteiger partial charge is 0.239 e. The average Bonchev–Trinajstić information content (AvgIpc) is 3.01. The van der Waals surface area contributed by atoms with Crippen LogP contribution in [0.4, 0.5) is 5.82 Å². The van der Waals surface area contributed by atoms with Gasteiger partial charge in [0.1, 0.15) is 0 Å². The minimum absolute atomic E-state index is 0.00904. The lowest BCUT2D eigenvalue weighted by atomic mass is 10.0. The van der Waals surface area contributed by atoms with Crippen LogP contribution < -0.4 is 5.32 Å². The van der Waals surface area contributed by atoms with Crippen LogP contribution in [0, 0.1) is 0 Å². The number of carbonyl (C=O) groups excluding carboxylic acids is 1. The Balaban J connectivity index is 1.36. The van der Waals surface area contributed by atoms with Gasteiger partial charge in [0.15, 0.2) is 5.82 Å². The third kappa shape index (κ3) is 5.24. The summed E-state index contributed by atoms with van der Waals surface area (Å²) in [5.41, 5.74) is 0. The lowest BCUT2D eigenvalue weighted by molar-refractivity contribution is -0.117. The molecule has 0 atom stereocenters. The molecular weight excluding hydrogens is 320 g/mol. The lowest BCUT2D eigenvalue weighted by Crippen LogP contribution is -2.54. The molecule has 0 spiro atoms. The van der Waals surface area contributed by atoms with Crippen LogP contribution in [0.5, 0.6) is 0 Å². The number of hydrogen-bond acceptors (Lipinski definition) is 6. The van der Waals surface area contributed by atoms with Crippen molar-refractivity contribution in [3.8, 4) is 0 Å². The molecule has 0 radical (unpaired) electrons. The van der Waals surface area contributed by atoms with Crippen molar-refractivity contribution in [2.45, 2.75) is 18.9 Å². The van der Waals surface area contributed by atoms with Crippen molar-refractivity contribution in [3.63, 3.8) is 0 Å². The predicted octanol–water partition coefficient (Wildman–Crippen LogP) is -0.567. The molecule has 2 saturated heterocycles. The van der Waals surface area contributed by atoms with E-state index in [9.17, 15) is 4.79 Å². The second kappa shape index (κ2) is 8.75. The van der Waals surface area contributed by atoms with Crippen LogP contribution >= 0.6 is 0 Å². The molecule has 140 valence electrons. The van der Waals surface area contributed by atoms with Crippen molar-refractivity contribution in [2.24, 2.45) is 7.05 Å². The normalized spacial score (nSPS) is 21.5. The number of piperazine rings is 1. The van der Waals surface area contributed by atoms with E-state index in [1.807, 2.05) is 13.2 Å². The Morgan fingerprint density at radius 1 is 1.20 bits per heavy atom. The number of amides is 1. The molecule has 0 unspecified atom stereocenters. The molecule has 1 aromatic heterocycles. The second-order valence-electron chi connectivity index (χ2n) is 7.03. The molecule has 25 heavy (non-hydrogen) atoms. The number of hydrogen-bond donors (Lipinski definition) is 2. The van der Waals surface area contributed by atoms with Gasteiger partial charge in [0, 0.05) is 71.2 Å². The highest BCUT2D eigenvalue weighted by Gasteiger charge is 2.27. The van der Waals surface area contributed by atoms with E-state index >= 15 is 0 Å². The van der Waals surface area contributed by atoms with Gasteiger partial charge in [-0.05, 0) is 12.8 Å². The SMILES string of the molecule is Cn1ccc(NC(=O)CN2CCC(N3CCN(CCO)CC3)CC2)n1. The van der Waals surface area contributed by atoms with E-state index in [4.69, 9.17) is 5.11 Å². The van der Waals surface area contributed by atoms with Gasteiger partial charge in [0.2, 0.25) is 5.91 Å². The van der Waals surface area contributed by atoms with Crippen molar-refractivity contribution < 1.29 is 9.90 Å². The highest BCUT2D eigenvalue weighted by Crippen LogP contribution is 2.18. The molecule has 0 bridgehead atoms. The zero-order valence-electron chi connectivity index (χ0n) is 15.1. The monoisotopic (exact) mass is 350 g/mol. The van der Waals surface area contributed by atoms with Crippen LogP contribution in [0.3, 0.4) is 0 Å². The minimum Gasteiger partial charge on any atom is -0.395 e. The summed E-state index contributed by atoms with van der Waals surface area (Å²) in [5.74, 6) is 0.623. The number of nitrogens with one attached hydrogen (secondary N) is 1. The quantitative estimate of drug-likeness (QED) is 0.716. The van der Waals surface area contributed by atoms with Crippen molar-refractivity contribution in [2.75, 3.05) is 64.3 Å². The van der Waals surface area contributed by atoms with E-state index in [-0.39, 0.29) is 12.5 Å². The molecule has 0 saturated carbocycles. The van der Waals surface area contributed by atoms with E-state index in [1.165, 1.54) is 0 Å². The predicted molar refractivity (Wildman–Crippen MR) is 96.4 cm³/mol. The standard InChI is InChI=1S/C17H30N6O2/c1-20-5-4-16(19-20)18-17(25)14-22-6-2-15(3-7-22)23-10-8-21(9-11-23)12-13-24/h4-5,15,24H,2-3,6-14H2,1H3,(H,18,19,25). The Labute approximate surface area is 149 Å². The van der Waals surface area contributed by atoms with Crippen molar-refractivity contribution in [3.05, 3.63) is 12.3 Å². The Bertz CT molecular complexity index is 547. The van der Waals surface area contributed by atoms with Gasteiger partial charge in [-0.15, -0.1) is 0 Å². The highest BCUT2D eigenvalue weighted by atomic mass is 16.3. The number of aliphatic hydroxyl groups is 1. The lowest BCUT2D eigenvalue weighted by Gasteiger charge is -2.42. The summed E-state index contributed by atoms with van der Waals surface area (Å²) >= 11 is 0. The summed E-state index contributed by atoms with van der Waals surface area (Å²) in [4.78, 5) is 19.3. The first-order valence-corrected chi connectivity index (χ1v) is 9.23. The van der Waals surface area contributed by atoms with Crippen molar-refractivity contribution in [1.29, 1.82) is 0 Å². The molecule has 0 aliphatic carbocycles. The first kappa shape index (κ1) is 18.3. The van der Waals surface area contributed by atoms with Gasteiger partial charge in [-0.1, -0.05) is 0 Å². The number of piperidine rings is 1.